The summed E-state index contributed by atoms with van der Waals surface area (Å²) in [6.45, 7) is 4.32. The van der Waals surface area contributed by atoms with Gasteiger partial charge in [0.2, 0.25) is 0 Å². The van der Waals surface area contributed by atoms with Gasteiger partial charge < -0.3 is 14.6 Å². The van der Waals surface area contributed by atoms with Gasteiger partial charge in [0, 0.05) is 6.54 Å². The van der Waals surface area contributed by atoms with Crippen LogP contribution in [0.4, 0.5) is 0 Å². The zero-order chi connectivity index (χ0) is 22.3. The minimum Gasteiger partial charge on any atom is -0.493 e. The molecule has 0 atom stereocenters. The first-order chi connectivity index (χ1) is 14.8. The number of aromatic carboxylic acids is 1. The third kappa shape index (κ3) is 3.88. The molecule has 0 radical (unpaired) electrons. The molecule has 0 amide bonds. The van der Waals surface area contributed by atoms with E-state index in [1.165, 1.54) is 18.2 Å². The molecule has 1 N–H and O–H groups in total. The van der Waals surface area contributed by atoms with Crippen LogP contribution in [0.1, 0.15) is 42.0 Å². The van der Waals surface area contributed by atoms with Gasteiger partial charge in [0.25, 0.3) is 5.56 Å². The molecule has 8 heteroatoms. The zero-order valence-electron chi connectivity index (χ0n) is 17.3. The van der Waals surface area contributed by atoms with E-state index in [4.69, 9.17) is 21.1 Å². The topological polar surface area (TPSA) is 90.7 Å². The molecule has 0 spiro atoms. The second kappa shape index (κ2) is 8.07. The van der Waals surface area contributed by atoms with Crippen molar-refractivity contribution >= 4 is 40.1 Å². The number of ether oxygens (including phenoxy) is 2. The second-order valence-corrected chi connectivity index (χ2v) is 7.96. The largest absolute Gasteiger partial charge is 0.493 e. The van der Waals surface area contributed by atoms with Crippen LogP contribution in [0.3, 0.4) is 0 Å². The van der Waals surface area contributed by atoms with Crippen molar-refractivity contribution in [3.05, 3.63) is 62.7 Å². The molecule has 0 bridgehead atoms. The minimum absolute atomic E-state index is 0.0580. The van der Waals surface area contributed by atoms with Gasteiger partial charge in [-0.25, -0.2) is 9.78 Å². The second-order valence-electron chi connectivity index (χ2n) is 7.55. The van der Waals surface area contributed by atoms with E-state index >= 15 is 0 Å². The third-order valence-electron chi connectivity index (χ3n) is 5.04. The van der Waals surface area contributed by atoms with E-state index in [2.05, 4.69) is 4.98 Å². The maximum atomic E-state index is 12.9. The summed E-state index contributed by atoms with van der Waals surface area (Å²) in [5.74, 6) is 0.457. The van der Waals surface area contributed by atoms with Crippen molar-refractivity contribution in [3.63, 3.8) is 0 Å². The number of allylic oxidation sites excluding steroid dienone is 1. The standard InChI is InChI=1S/C23H21ClN2O5/c1-12(2)31-20-17(24)9-13(10-19(20)30-3)8-14-6-7-26-21(14)25-18-11-15(23(28)29)4-5-16(18)22(26)27/h4-5,8-12H,6-7H2,1-3H3,(H,28,29)/b14-8+. The van der Waals surface area contributed by atoms with Crippen molar-refractivity contribution in [2.75, 3.05) is 7.11 Å². The molecule has 2 aromatic carbocycles. The molecule has 160 valence electrons. The molecule has 1 aliphatic rings. The van der Waals surface area contributed by atoms with Gasteiger partial charge >= 0.3 is 5.97 Å². The summed E-state index contributed by atoms with van der Waals surface area (Å²) < 4.78 is 12.8. The van der Waals surface area contributed by atoms with Gasteiger partial charge in [-0.15, -0.1) is 0 Å². The van der Waals surface area contributed by atoms with Crippen LogP contribution in [-0.2, 0) is 6.54 Å². The van der Waals surface area contributed by atoms with Crippen LogP contribution in [0.25, 0.3) is 22.6 Å². The van der Waals surface area contributed by atoms with Crippen molar-refractivity contribution < 1.29 is 19.4 Å². The van der Waals surface area contributed by atoms with Crippen molar-refractivity contribution in [2.45, 2.75) is 32.9 Å². The Morgan fingerprint density at radius 3 is 2.74 bits per heavy atom. The fourth-order valence-electron chi connectivity index (χ4n) is 3.66. The van der Waals surface area contributed by atoms with Crippen molar-refractivity contribution in [1.82, 2.24) is 9.55 Å². The number of halogens is 1. The highest BCUT2D eigenvalue weighted by Crippen LogP contribution is 2.38. The monoisotopic (exact) mass is 440 g/mol. The number of nitrogens with zero attached hydrogens (tertiary/aromatic N) is 2. The predicted molar refractivity (Wildman–Crippen MR) is 119 cm³/mol. The Morgan fingerprint density at radius 1 is 1.29 bits per heavy atom. The number of rotatable bonds is 5. The van der Waals surface area contributed by atoms with Crippen LogP contribution in [-0.4, -0.2) is 33.8 Å². The molecule has 1 aliphatic heterocycles. The van der Waals surface area contributed by atoms with Crippen LogP contribution in [0.15, 0.2) is 35.1 Å². The number of aromatic nitrogens is 2. The lowest BCUT2D eigenvalue weighted by Gasteiger charge is -2.15. The molecule has 31 heavy (non-hydrogen) atoms. The lowest BCUT2D eigenvalue weighted by Crippen LogP contribution is -2.21. The molecule has 0 aliphatic carbocycles. The normalized spacial score (nSPS) is 14.3. The van der Waals surface area contributed by atoms with E-state index < -0.39 is 5.97 Å². The van der Waals surface area contributed by atoms with Crippen LogP contribution < -0.4 is 15.0 Å². The first-order valence-electron chi connectivity index (χ1n) is 9.81. The Balaban J connectivity index is 1.82. The summed E-state index contributed by atoms with van der Waals surface area (Å²) in [4.78, 5) is 28.8. The number of hydrogen-bond donors (Lipinski definition) is 1. The molecule has 0 unspecified atom stereocenters. The summed E-state index contributed by atoms with van der Waals surface area (Å²) in [6, 6.07) is 7.95. The summed E-state index contributed by atoms with van der Waals surface area (Å²) in [5.41, 5.74) is 1.91. The average molecular weight is 441 g/mol. The molecule has 0 saturated heterocycles. The maximum absolute atomic E-state index is 12.9. The number of carbonyl (C=O) groups is 1. The SMILES string of the molecule is COc1cc(/C=C2\CCn3c2nc2cc(C(=O)O)ccc2c3=O)cc(Cl)c1OC(C)C. The van der Waals surface area contributed by atoms with Gasteiger partial charge in [0.05, 0.1) is 34.7 Å². The van der Waals surface area contributed by atoms with Gasteiger partial charge in [-0.1, -0.05) is 11.6 Å². The van der Waals surface area contributed by atoms with Gasteiger partial charge in [-0.3, -0.25) is 9.36 Å². The summed E-state index contributed by atoms with van der Waals surface area (Å²) in [5, 5.41) is 10.1. The lowest BCUT2D eigenvalue weighted by atomic mass is 10.1. The van der Waals surface area contributed by atoms with E-state index in [1.54, 1.807) is 17.7 Å². The molecule has 3 aromatic rings. The van der Waals surface area contributed by atoms with Crippen molar-refractivity contribution in [3.8, 4) is 11.5 Å². The average Bonchev–Trinajstić information content (AvgIpc) is 3.12. The van der Waals surface area contributed by atoms with Crippen LogP contribution in [0, 0.1) is 0 Å². The molecular formula is C23H21ClN2O5. The number of methoxy groups -OCH3 is 1. The van der Waals surface area contributed by atoms with E-state index in [1.807, 2.05) is 26.0 Å². The van der Waals surface area contributed by atoms with E-state index in [0.717, 1.165) is 11.1 Å². The first kappa shape index (κ1) is 20.9. The predicted octanol–water partition coefficient (Wildman–Crippen LogP) is 4.49. The first-order valence-corrected chi connectivity index (χ1v) is 10.2. The Bertz CT molecular complexity index is 1290. The summed E-state index contributed by atoms with van der Waals surface area (Å²) in [7, 11) is 1.55. The molecule has 2 heterocycles. The third-order valence-corrected chi connectivity index (χ3v) is 5.32. The number of benzene rings is 2. The Hall–Kier alpha value is -3.32. The molecule has 1 aromatic heterocycles. The zero-order valence-corrected chi connectivity index (χ0v) is 18.1. The minimum atomic E-state index is -1.06. The number of carboxylic acids is 1. The number of carboxylic acid groups (broad SMARTS) is 1. The van der Waals surface area contributed by atoms with Gasteiger partial charge in [0.15, 0.2) is 11.5 Å². The summed E-state index contributed by atoms with van der Waals surface area (Å²) in [6.07, 6.45) is 2.47. The Labute approximate surface area is 183 Å². The highest BCUT2D eigenvalue weighted by Gasteiger charge is 2.22. The number of hydrogen-bond acceptors (Lipinski definition) is 5. The van der Waals surface area contributed by atoms with Crippen LogP contribution >= 0.6 is 11.6 Å². The van der Waals surface area contributed by atoms with Gasteiger partial charge in [-0.2, -0.15) is 0 Å². The smallest absolute Gasteiger partial charge is 0.335 e. The fourth-order valence-corrected chi connectivity index (χ4v) is 3.93. The van der Waals surface area contributed by atoms with Crippen LogP contribution in [0.2, 0.25) is 5.02 Å². The lowest BCUT2D eigenvalue weighted by molar-refractivity contribution is 0.0697. The van der Waals surface area contributed by atoms with Crippen LogP contribution in [0.5, 0.6) is 11.5 Å². The van der Waals surface area contributed by atoms with E-state index in [-0.39, 0.29) is 17.2 Å². The highest BCUT2D eigenvalue weighted by atomic mass is 35.5. The molecular weight excluding hydrogens is 420 g/mol. The van der Waals surface area contributed by atoms with E-state index in [9.17, 15) is 14.7 Å². The number of fused-ring (bicyclic) bond motifs is 2. The molecule has 7 nitrogen and oxygen atoms in total. The van der Waals surface area contributed by atoms with Crippen molar-refractivity contribution in [1.29, 1.82) is 0 Å². The Kier molecular flexibility index (Phi) is 5.45. The maximum Gasteiger partial charge on any atom is 0.335 e. The molecule has 0 fully saturated rings. The Morgan fingerprint density at radius 2 is 2.06 bits per heavy atom. The fraction of sp³-hybridized carbons (Fsp3) is 0.261. The van der Waals surface area contributed by atoms with Gasteiger partial charge in [0.1, 0.15) is 5.82 Å². The highest BCUT2D eigenvalue weighted by molar-refractivity contribution is 6.32. The van der Waals surface area contributed by atoms with Gasteiger partial charge in [-0.05, 0) is 67.8 Å². The molecule has 4 rings (SSSR count). The molecule has 0 saturated carbocycles. The van der Waals surface area contributed by atoms with Crippen molar-refractivity contribution in [2.24, 2.45) is 0 Å². The summed E-state index contributed by atoms with van der Waals surface area (Å²) >= 11 is 6.43. The van der Waals surface area contributed by atoms with E-state index in [0.29, 0.717) is 46.2 Å². The quantitative estimate of drug-likeness (QED) is 0.628.